The third kappa shape index (κ3) is 5.35. The number of ether oxygens (including phenoxy) is 3. The summed E-state index contributed by atoms with van der Waals surface area (Å²) >= 11 is 0. The molecule has 1 aliphatic rings. The van der Waals surface area contributed by atoms with Gasteiger partial charge in [0, 0.05) is 26.3 Å². The van der Waals surface area contributed by atoms with Crippen molar-refractivity contribution in [2.24, 2.45) is 5.92 Å². The number of fused-ring (bicyclic) bond motifs is 1. The molecule has 0 spiro atoms. The smallest absolute Gasteiger partial charge is 0.308 e. The Kier molecular flexibility index (Phi) is 7.06. The lowest BCUT2D eigenvalue weighted by atomic mass is 10.1. The molecule has 0 saturated heterocycles. The van der Waals surface area contributed by atoms with E-state index in [1.54, 1.807) is 25.1 Å². The van der Waals surface area contributed by atoms with Gasteiger partial charge in [-0.15, -0.1) is 0 Å². The molecule has 1 N–H and O–H groups in total. The molecule has 2 atom stereocenters. The molecule has 0 fully saturated rings. The molecule has 1 amide bonds. The third-order valence-corrected chi connectivity index (χ3v) is 3.93. The lowest BCUT2D eigenvalue weighted by molar-refractivity contribution is -0.146. The highest BCUT2D eigenvalue weighted by atomic mass is 16.6. The summed E-state index contributed by atoms with van der Waals surface area (Å²) in [5.74, 6) is -0.735. The molecule has 1 heterocycles. The Labute approximate surface area is 147 Å². The number of para-hydroxylation sites is 2. The zero-order valence-electron chi connectivity index (χ0n) is 14.6. The van der Waals surface area contributed by atoms with Crippen LogP contribution in [0, 0.1) is 5.92 Å². The van der Waals surface area contributed by atoms with Crippen molar-refractivity contribution in [3.05, 3.63) is 24.3 Å². The van der Waals surface area contributed by atoms with Gasteiger partial charge in [-0.2, -0.15) is 0 Å². The first-order valence-corrected chi connectivity index (χ1v) is 8.50. The van der Waals surface area contributed by atoms with Gasteiger partial charge in [0.05, 0.1) is 5.92 Å². The first kappa shape index (κ1) is 19.1. The number of benzene rings is 1. The summed E-state index contributed by atoms with van der Waals surface area (Å²) in [6, 6.07) is 7.16. The molecule has 0 radical (unpaired) electrons. The van der Waals surface area contributed by atoms with Gasteiger partial charge in [0.2, 0.25) is 6.10 Å². The number of rotatable bonds is 9. The lowest BCUT2D eigenvalue weighted by Gasteiger charge is -2.31. The van der Waals surface area contributed by atoms with E-state index in [4.69, 9.17) is 19.3 Å². The first-order chi connectivity index (χ1) is 12.0. The van der Waals surface area contributed by atoms with Crippen LogP contribution in [0.5, 0.6) is 11.5 Å². The fourth-order valence-electron chi connectivity index (χ4n) is 2.55. The highest BCUT2D eigenvalue weighted by Gasteiger charge is 2.32. The van der Waals surface area contributed by atoms with Crippen LogP contribution >= 0.6 is 0 Å². The highest BCUT2D eigenvalue weighted by Crippen LogP contribution is 2.31. The van der Waals surface area contributed by atoms with Gasteiger partial charge in [-0.05, 0) is 25.5 Å². The molecule has 1 aromatic carbocycles. The fraction of sp³-hybridized carbons (Fsp3) is 0.556. The van der Waals surface area contributed by atoms with E-state index in [1.165, 1.54) is 4.90 Å². The molecule has 0 aromatic heterocycles. The standard InChI is InChI=1S/C18H25NO6/c1-3-23-10-6-9-19(11-13(2)18(21)22)17(20)16-12-24-14-7-4-5-8-15(14)25-16/h4-5,7-8,13,16H,3,6,9-12H2,1-2H3,(H,21,22). The summed E-state index contributed by atoms with van der Waals surface area (Å²) in [4.78, 5) is 25.5. The molecule has 1 aliphatic heterocycles. The number of hydrogen-bond acceptors (Lipinski definition) is 5. The second-order valence-electron chi connectivity index (χ2n) is 5.94. The second kappa shape index (κ2) is 9.27. The van der Waals surface area contributed by atoms with Crippen molar-refractivity contribution in [1.29, 1.82) is 0 Å². The van der Waals surface area contributed by atoms with Crippen LogP contribution in [-0.4, -0.2) is 60.9 Å². The maximum absolute atomic E-state index is 12.8. The van der Waals surface area contributed by atoms with Crippen LogP contribution in [0.3, 0.4) is 0 Å². The van der Waals surface area contributed by atoms with E-state index < -0.39 is 18.0 Å². The quantitative estimate of drug-likeness (QED) is 0.683. The monoisotopic (exact) mass is 351 g/mol. The van der Waals surface area contributed by atoms with Crippen LogP contribution < -0.4 is 9.47 Å². The highest BCUT2D eigenvalue weighted by molar-refractivity contribution is 5.82. The van der Waals surface area contributed by atoms with Gasteiger partial charge in [-0.3, -0.25) is 9.59 Å². The molecule has 2 rings (SSSR count). The van der Waals surface area contributed by atoms with E-state index in [-0.39, 0.29) is 19.1 Å². The number of aliphatic carboxylic acids is 1. The molecule has 138 valence electrons. The van der Waals surface area contributed by atoms with Gasteiger partial charge in [-0.1, -0.05) is 19.1 Å². The van der Waals surface area contributed by atoms with Crippen LogP contribution in [-0.2, 0) is 14.3 Å². The van der Waals surface area contributed by atoms with E-state index in [0.717, 1.165) is 0 Å². The van der Waals surface area contributed by atoms with Crippen molar-refractivity contribution in [3.63, 3.8) is 0 Å². The zero-order valence-corrected chi connectivity index (χ0v) is 14.6. The van der Waals surface area contributed by atoms with Gasteiger partial charge < -0.3 is 24.2 Å². The molecule has 7 heteroatoms. The van der Waals surface area contributed by atoms with Crippen molar-refractivity contribution in [2.75, 3.05) is 32.9 Å². The van der Waals surface area contributed by atoms with Crippen LogP contribution in [0.25, 0.3) is 0 Å². The average Bonchev–Trinajstić information content (AvgIpc) is 2.63. The van der Waals surface area contributed by atoms with Gasteiger partial charge in [0.1, 0.15) is 6.61 Å². The van der Waals surface area contributed by atoms with Crippen LogP contribution in [0.1, 0.15) is 20.3 Å². The summed E-state index contributed by atoms with van der Waals surface area (Å²) in [7, 11) is 0. The number of hydrogen-bond donors (Lipinski definition) is 1. The van der Waals surface area contributed by atoms with E-state index in [0.29, 0.717) is 37.7 Å². The van der Waals surface area contributed by atoms with Crippen molar-refractivity contribution in [3.8, 4) is 11.5 Å². The number of amides is 1. The fourth-order valence-corrected chi connectivity index (χ4v) is 2.55. The predicted molar refractivity (Wildman–Crippen MR) is 90.8 cm³/mol. The van der Waals surface area contributed by atoms with Crippen LogP contribution in [0.15, 0.2) is 24.3 Å². The van der Waals surface area contributed by atoms with Crippen molar-refractivity contribution < 1.29 is 28.9 Å². The molecule has 0 saturated carbocycles. The SMILES string of the molecule is CCOCCCN(CC(C)C(=O)O)C(=O)C1COc2ccccc2O1. The number of nitrogens with zero attached hydrogens (tertiary/aromatic N) is 1. The summed E-state index contributed by atoms with van der Waals surface area (Å²) < 4.78 is 16.6. The van der Waals surface area contributed by atoms with Crippen molar-refractivity contribution in [2.45, 2.75) is 26.4 Å². The number of carboxylic acids is 1. The molecule has 0 bridgehead atoms. The molecule has 7 nitrogen and oxygen atoms in total. The number of carbonyl (C=O) groups excluding carboxylic acids is 1. The maximum atomic E-state index is 12.8. The van der Waals surface area contributed by atoms with E-state index in [1.807, 2.05) is 13.0 Å². The Hall–Kier alpha value is -2.28. The maximum Gasteiger partial charge on any atom is 0.308 e. The Morgan fingerprint density at radius 2 is 2.08 bits per heavy atom. The number of carboxylic acid groups (broad SMARTS) is 1. The van der Waals surface area contributed by atoms with Crippen molar-refractivity contribution >= 4 is 11.9 Å². The summed E-state index contributed by atoms with van der Waals surface area (Å²) in [6.07, 6.45) is -0.140. The Balaban J connectivity index is 2.02. The predicted octanol–water partition coefficient (Wildman–Crippen LogP) is 1.80. The van der Waals surface area contributed by atoms with E-state index in [9.17, 15) is 9.59 Å². The van der Waals surface area contributed by atoms with Gasteiger partial charge in [0.25, 0.3) is 5.91 Å². The Morgan fingerprint density at radius 1 is 1.36 bits per heavy atom. The number of carbonyl (C=O) groups is 2. The Bertz CT molecular complexity index is 591. The minimum absolute atomic E-state index is 0.110. The van der Waals surface area contributed by atoms with Crippen LogP contribution in [0.2, 0.25) is 0 Å². The average molecular weight is 351 g/mol. The second-order valence-corrected chi connectivity index (χ2v) is 5.94. The lowest BCUT2D eigenvalue weighted by Crippen LogP contribution is -2.48. The van der Waals surface area contributed by atoms with Crippen LogP contribution in [0.4, 0.5) is 0 Å². The normalized spacial score (nSPS) is 17.0. The van der Waals surface area contributed by atoms with E-state index >= 15 is 0 Å². The zero-order chi connectivity index (χ0) is 18.2. The summed E-state index contributed by atoms with van der Waals surface area (Å²) in [5.41, 5.74) is 0. The third-order valence-electron chi connectivity index (χ3n) is 3.93. The Morgan fingerprint density at radius 3 is 2.76 bits per heavy atom. The van der Waals surface area contributed by atoms with E-state index in [2.05, 4.69) is 0 Å². The molecule has 25 heavy (non-hydrogen) atoms. The van der Waals surface area contributed by atoms with Gasteiger partial charge in [0.15, 0.2) is 11.5 Å². The van der Waals surface area contributed by atoms with Gasteiger partial charge >= 0.3 is 5.97 Å². The first-order valence-electron chi connectivity index (χ1n) is 8.50. The molecular weight excluding hydrogens is 326 g/mol. The topological polar surface area (TPSA) is 85.3 Å². The minimum Gasteiger partial charge on any atom is -0.485 e. The molecule has 1 aromatic rings. The molecular formula is C18H25NO6. The van der Waals surface area contributed by atoms with Crippen molar-refractivity contribution in [1.82, 2.24) is 4.90 Å². The molecule has 0 aliphatic carbocycles. The largest absolute Gasteiger partial charge is 0.485 e. The minimum atomic E-state index is -0.936. The molecule has 2 unspecified atom stereocenters. The summed E-state index contributed by atoms with van der Waals surface area (Å²) in [6.45, 7) is 5.26. The van der Waals surface area contributed by atoms with Gasteiger partial charge in [-0.25, -0.2) is 0 Å². The summed E-state index contributed by atoms with van der Waals surface area (Å²) in [5, 5.41) is 9.14.